The Hall–Kier alpha value is -0.480. The summed E-state index contributed by atoms with van der Waals surface area (Å²) in [4.78, 5) is 0. The van der Waals surface area contributed by atoms with Crippen molar-refractivity contribution in [1.82, 2.24) is 0 Å². The van der Waals surface area contributed by atoms with E-state index in [2.05, 4.69) is 5.92 Å². The van der Waals surface area contributed by atoms with Crippen molar-refractivity contribution in [3.05, 3.63) is 0 Å². The normalized spacial score (nSPS) is 8.00. The molecular formula is C6H11N. The van der Waals surface area contributed by atoms with Crippen molar-refractivity contribution in [3.8, 4) is 12.3 Å². The lowest BCUT2D eigenvalue weighted by Crippen LogP contribution is -1.96. The SMILES string of the molecule is C#CCCCCN. The first kappa shape index (κ1) is 6.52. The van der Waals surface area contributed by atoms with E-state index in [-0.39, 0.29) is 0 Å². The summed E-state index contributed by atoms with van der Waals surface area (Å²) in [6.45, 7) is 0.766. The Kier molecular flexibility index (Phi) is 5.14. The Morgan fingerprint density at radius 3 is 2.57 bits per heavy atom. The third-order valence-electron chi connectivity index (χ3n) is 0.775. The number of hydrogen-bond donors (Lipinski definition) is 1. The van der Waals surface area contributed by atoms with Gasteiger partial charge in [0.25, 0.3) is 0 Å². The van der Waals surface area contributed by atoms with Crippen LogP contribution in [0.5, 0.6) is 0 Å². The maximum atomic E-state index is 5.20. The van der Waals surface area contributed by atoms with Crippen LogP contribution in [0.4, 0.5) is 0 Å². The highest BCUT2D eigenvalue weighted by Gasteiger charge is 1.77. The minimum atomic E-state index is 0.766. The first-order chi connectivity index (χ1) is 3.41. The van der Waals surface area contributed by atoms with Gasteiger partial charge < -0.3 is 5.73 Å². The fraction of sp³-hybridized carbons (Fsp3) is 0.667. The fourth-order valence-corrected chi connectivity index (χ4v) is 0.371. The predicted molar refractivity (Wildman–Crippen MR) is 31.7 cm³/mol. The van der Waals surface area contributed by atoms with Crippen molar-refractivity contribution in [2.24, 2.45) is 5.73 Å². The van der Waals surface area contributed by atoms with Crippen LogP contribution in [0.15, 0.2) is 0 Å². The second kappa shape index (κ2) is 5.52. The average molecular weight is 97.2 g/mol. The maximum Gasteiger partial charge on any atom is 0.00865 e. The molecular weight excluding hydrogens is 86.1 g/mol. The smallest absolute Gasteiger partial charge is 0.00865 e. The minimum absolute atomic E-state index is 0.766. The Morgan fingerprint density at radius 1 is 1.43 bits per heavy atom. The van der Waals surface area contributed by atoms with E-state index in [0.717, 1.165) is 25.8 Å². The summed E-state index contributed by atoms with van der Waals surface area (Å²) in [5.41, 5.74) is 5.20. The van der Waals surface area contributed by atoms with Gasteiger partial charge in [0, 0.05) is 6.42 Å². The molecule has 0 aliphatic heterocycles. The summed E-state index contributed by atoms with van der Waals surface area (Å²) in [6.07, 6.45) is 7.99. The average Bonchev–Trinajstić information content (AvgIpc) is 1.69. The van der Waals surface area contributed by atoms with E-state index < -0.39 is 0 Å². The summed E-state index contributed by atoms with van der Waals surface area (Å²) < 4.78 is 0. The molecule has 0 aliphatic carbocycles. The third-order valence-corrected chi connectivity index (χ3v) is 0.775. The molecule has 0 rings (SSSR count). The molecule has 0 aliphatic rings. The molecule has 0 aromatic heterocycles. The molecule has 0 radical (unpaired) electrons. The number of terminal acetylenes is 1. The van der Waals surface area contributed by atoms with Crippen LogP contribution >= 0.6 is 0 Å². The van der Waals surface area contributed by atoms with E-state index in [4.69, 9.17) is 12.2 Å². The van der Waals surface area contributed by atoms with E-state index in [0.29, 0.717) is 0 Å². The molecule has 0 amide bonds. The number of rotatable bonds is 3. The molecule has 0 heterocycles. The van der Waals surface area contributed by atoms with Crippen molar-refractivity contribution in [3.63, 3.8) is 0 Å². The van der Waals surface area contributed by atoms with Crippen LogP contribution in [-0.4, -0.2) is 6.54 Å². The van der Waals surface area contributed by atoms with Gasteiger partial charge in [0.1, 0.15) is 0 Å². The molecule has 1 nitrogen and oxygen atoms in total. The van der Waals surface area contributed by atoms with E-state index in [1.165, 1.54) is 0 Å². The lowest BCUT2D eigenvalue weighted by atomic mass is 10.2. The first-order valence-electron chi connectivity index (χ1n) is 2.55. The molecule has 0 fully saturated rings. The maximum absolute atomic E-state index is 5.20. The highest BCUT2D eigenvalue weighted by molar-refractivity contribution is 4.82. The monoisotopic (exact) mass is 97.1 g/mol. The Bertz CT molecular complexity index is 61.1. The zero-order valence-corrected chi connectivity index (χ0v) is 4.48. The van der Waals surface area contributed by atoms with Crippen molar-refractivity contribution in [2.45, 2.75) is 19.3 Å². The van der Waals surface area contributed by atoms with Crippen molar-refractivity contribution in [2.75, 3.05) is 6.54 Å². The first-order valence-corrected chi connectivity index (χ1v) is 2.55. The van der Waals surface area contributed by atoms with Gasteiger partial charge in [-0.3, -0.25) is 0 Å². The number of hydrogen-bond acceptors (Lipinski definition) is 1. The van der Waals surface area contributed by atoms with Gasteiger partial charge >= 0.3 is 0 Å². The molecule has 0 spiro atoms. The Balaban J connectivity index is 2.60. The van der Waals surface area contributed by atoms with Gasteiger partial charge in [-0.05, 0) is 19.4 Å². The van der Waals surface area contributed by atoms with Gasteiger partial charge in [-0.25, -0.2) is 0 Å². The zero-order valence-electron chi connectivity index (χ0n) is 4.48. The Morgan fingerprint density at radius 2 is 2.14 bits per heavy atom. The highest BCUT2D eigenvalue weighted by Crippen LogP contribution is 1.88. The topological polar surface area (TPSA) is 26.0 Å². The number of unbranched alkanes of at least 4 members (excludes halogenated alkanes) is 2. The Labute approximate surface area is 44.9 Å². The molecule has 0 aromatic carbocycles. The summed E-state index contributed by atoms with van der Waals surface area (Å²) in [5.74, 6) is 2.55. The van der Waals surface area contributed by atoms with Gasteiger partial charge in [-0.2, -0.15) is 0 Å². The van der Waals surface area contributed by atoms with Crippen LogP contribution in [0.25, 0.3) is 0 Å². The molecule has 0 bridgehead atoms. The minimum Gasteiger partial charge on any atom is -0.330 e. The van der Waals surface area contributed by atoms with Crippen LogP contribution < -0.4 is 5.73 Å². The van der Waals surface area contributed by atoms with Crippen molar-refractivity contribution in [1.29, 1.82) is 0 Å². The molecule has 0 saturated carbocycles. The second-order valence-electron chi connectivity index (χ2n) is 1.45. The van der Waals surface area contributed by atoms with Gasteiger partial charge in [0.05, 0.1) is 0 Å². The van der Waals surface area contributed by atoms with Crippen LogP contribution in [-0.2, 0) is 0 Å². The van der Waals surface area contributed by atoms with Crippen LogP contribution in [0, 0.1) is 12.3 Å². The van der Waals surface area contributed by atoms with E-state index in [1.54, 1.807) is 0 Å². The van der Waals surface area contributed by atoms with Crippen LogP contribution in [0.2, 0.25) is 0 Å². The third kappa shape index (κ3) is 5.52. The fourth-order valence-electron chi connectivity index (χ4n) is 0.371. The summed E-state index contributed by atoms with van der Waals surface area (Å²) in [6, 6.07) is 0. The lowest BCUT2D eigenvalue weighted by molar-refractivity contribution is 0.768. The van der Waals surface area contributed by atoms with Crippen LogP contribution in [0.3, 0.4) is 0 Å². The van der Waals surface area contributed by atoms with Gasteiger partial charge in [0.15, 0.2) is 0 Å². The van der Waals surface area contributed by atoms with Gasteiger partial charge in [-0.15, -0.1) is 12.3 Å². The highest BCUT2D eigenvalue weighted by atomic mass is 14.5. The largest absolute Gasteiger partial charge is 0.330 e. The summed E-state index contributed by atoms with van der Waals surface area (Å²) in [5, 5.41) is 0. The predicted octanol–water partition coefficient (Wildman–Crippen LogP) is 0.749. The zero-order chi connectivity index (χ0) is 5.54. The van der Waals surface area contributed by atoms with Crippen molar-refractivity contribution >= 4 is 0 Å². The molecule has 2 N–H and O–H groups in total. The standard InChI is InChI=1S/C6H11N/c1-2-3-4-5-6-7/h1H,3-7H2. The molecule has 7 heavy (non-hydrogen) atoms. The van der Waals surface area contributed by atoms with Crippen molar-refractivity contribution < 1.29 is 0 Å². The molecule has 0 atom stereocenters. The summed E-state index contributed by atoms with van der Waals surface area (Å²) in [7, 11) is 0. The van der Waals surface area contributed by atoms with E-state index >= 15 is 0 Å². The van der Waals surface area contributed by atoms with Gasteiger partial charge in [-0.1, -0.05) is 0 Å². The van der Waals surface area contributed by atoms with Gasteiger partial charge in [0.2, 0.25) is 0 Å². The molecule has 0 aromatic rings. The molecule has 0 unspecified atom stereocenters. The van der Waals surface area contributed by atoms with Crippen LogP contribution in [0.1, 0.15) is 19.3 Å². The number of nitrogens with two attached hydrogens (primary N) is 1. The molecule has 0 saturated heterocycles. The molecule has 40 valence electrons. The lowest BCUT2D eigenvalue weighted by Gasteiger charge is -1.86. The quantitative estimate of drug-likeness (QED) is 0.408. The second-order valence-corrected chi connectivity index (χ2v) is 1.45. The van der Waals surface area contributed by atoms with E-state index in [1.807, 2.05) is 0 Å². The summed E-state index contributed by atoms with van der Waals surface area (Å²) >= 11 is 0. The van der Waals surface area contributed by atoms with E-state index in [9.17, 15) is 0 Å². The molecule has 1 heteroatoms.